The maximum atomic E-state index is 11.9. The highest BCUT2D eigenvalue weighted by molar-refractivity contribution is 5.99. The van der Waals surface area contributed by atoms with Gasteiger partial charge in [0.25, 0.3) is 17.5 Å². The van der Waals surface area contributed by atoms with Crippen molar-refractivity contribution in [3.8, 4) is 5.75 Å². The number of ether oxygens (including phenoxy) is 1. The Kier molecular flexibility index (Phi) is 5.45. The van der Waals surface area contributed by atoms with Crippen LogP contribution >= 0.6 is 0 Å². The summed E-state index contributed by atoms with van der Waals surface area (Å²) in [6, 6.07) is 12.6. The molecule has 8 nitrogen and oxygen atoms in total. The summed E-state index contributed by atoms with van der Waals surface area (Å²) in [6.07, 6.45) is 0. The van der Waals surface area contributed by atoms with Crippen molar-refractivity contribution < 1.29 is 19.2 Å². The SMILES string of the molecule is Cc1ccccc1OCC(=O)NNC(=O)c1ccccc1[N+](=O)[O-]. The number of nitrogens with one attached hydrogen (secondary N) is 2. The molecule has 124 valence electrons. The molecular weight excluding hydrogens is 314 g/mol. The number of benzene rings is 2. The van der Waals surface area contributed by atoms with Crippen LogP contribution < -0.4 is 15.6 Å². The van der Waals surface area contributed by atoms with E-state index in [0.717, 1.165) is 5.56 Å². The zero-order valence-corrected chi connectivity index (χ0v) is 12.8. The fourth-order valence-electron chi connectivity index (χ4n) is 1.92. The molecule has 0 radical (unpaired) electrons. The Hall–Kier alpha value is -3.42. The van der Waals surface area contributed by atoms with E-state index in [2.05, 4.69) is 10.9 Å². The monoisotopic (exact) mass is 329 g/mol. The maximum absolute atomic E-state index is 11.9. The van der Waals surface area contributed by atoms with Gasteiger partial charge in [-0.05, 0) is 24.6 Å². The van der Waals surface area contributed by atoms with E-state index in [1.807, 2.05) is 19.1 Å². The average molecular weight is 329 g/mol. The Morgan fingerprint density at radius 1 is 1.08 bits per heavy atom. The second-order valence-corrected chi connectivity index (χ2v) is 4.83. The molecule has 0 saturated carbocycles. The number of carbonyl (C=O) groups excluding carboxylic acids is 2. The number of aryl methyl sites for hydroxylation is 1. The molecule has 0 aliphatic carbocycles. The molecule has 0 aliphatic rings. The standard InChI is InChI=1S/C16H15N3O5/c1-11-6-2-5-9-14(11)24-10-15(20)17-18-16(21)12-7-3-4-8-13(12)19(22)23/h2-9H,10H2,1H3,(H,17,20)(H,18,21). The molecule has 8 heteroatoms. The lowest BCUT2D eigenvalue weighted by atomic mass is 10.2. The van der Waals surface area contributed by atoms with Gasteiger partial charge in [0, 0.05) is 6.07 Å². The molecule has 2 aromatic rings. The molecule has 0 aliphatic heterocycles. The van der Waals surface area contributed by atoms with E-state index in [4.69, 9.17) is 4.74 Å². The molecular formula is C16H15N3O5. The summed E-state index contributed by atoms with van der Waals surface area (Å²) >= 11 is 0. The Morgan fingerprint density at radius 2 is 1.75 bits per heavy atom. The number of amides is 2. The third-order valence-electron chi connectivity index (χ3n) is 3.11. The third kappa shape index (κ3) is 4.29. The van der Waals surface area contributed by atoms with Crippen LogP contribution in [0, 0.1) is 17.0 Å². The van der Waals surface area contributed by atoms with Crippen LogP contribution in [0.3, 0.4) is 0 Å². The summed E-state index contributed by atoms with van der Waals surface area (Å²) in [4.78, 5) is 33.8. The van der Waals surface area contributed by atoms with Gasteiger partial charge in [0.1, 0.15) is 11.3 Å². The molecule has 0 unspecified atom stereocenters. The van der Waals surface area contributed by atoms with Gasteiger partial charge in [-0.2, -0.15) is 0 Å². The minimum Gasteiger partial charge on any atom is -0.483 e. The summed E-state index contributed by atoms with van der Waals surface area (Å²) < 4.78 is 5.33. The second kappa shape index (κ2) is 7.73. The maximum Gasteiger partial charge on any atom is 0.282 e. The van der Waals surface area contributed by atoms with Gasteiger partial charge in [0.15, 0.2) is 6.61 Å². The van der Waals surface area contributed by atoms with Crippen molar-refractivity contribution in [3.63, 3.8) is 0 Å². The zero-order valence-electron chi connectivity index (χ0n) is 12.8. The Bertz CT molecular complexity index is 776. The van der Waals surface area contributed by atoms with E-state index < -0.39 is 16.7 Å². The molecule has 24 heavy (non-hydrogen) atoms. The van der Waals surface area contributed by atoms with E-state index >= 15 is 0 Å². The Labute approximate surface area is 137 Å². The van der Waals surface area contributed by atoms with Crippen LogP contribution in [0.4, 0.5) is 5.69 Å². The number of rotatable bonds is 5. The van der Waals surface area contributed by atoms with Crippen molar-refractivity contribution in [1.82, 2.24) is 10.9 Å². The number of nitro groups is 1. The van der Waals surface area contributed by atoms with E-state index in [1.165, 1.54) is 24.3 Å². The average Bonchev–Trinajstić information content (AvgIpc) is 2.59. The molecule has 0 bridgehead atoms. The van der Waals surface area contributed by atoms with E-state index in [0.29, 0.717) is 5.75 Å². The van der Waals surface area contributed by atoms with Gasteiger partial charge in [-0.3, -0.25) is 30.6 Å². The lowest BCUT2D eigenvalue weighted by molar-refractivity contribution is -0.385. The summed E-state index contributed by atoms with van der Waals surface area (Å²) in [7, 11) is 0. The van der Waals surface area contributed by atoms with Gasteiger partial charge in [-0.15, -0.1) is 0 Å². The van der Waals surface area contributed by atoms with Gasteiger partial charge in [-0.1, -0.05) is 30.3 Å². The predicted octanol–water partition coefficient (Wildman–Crippen LogP) is 1.74. The Morgan fingerprint density at radius 3 is 2.46 bits per heavy atom. The number of nitrogens with zero attached hydrogens (tertiary/aromatic N) is 1. The second-order valence-electron chi connectivity index (χ2n) is 4.83. The van der Waals surface area contributed by atoms with Crippen LogP contribution in [0.25, 0.3) is 0 Å². The van der Waals surface area contributed by atoms with Gasteiger partial charge >= 0.3 is 0 Å². The first-order valence-electron chi connectivity index (χ1n) is 7.00. The predicted molar refractivity (Wildman–Crippen MR) is 85.4 cm³/mol. The van der Waals surface area contributed by atoms with Crippen molar-refractivity contribution in [2.45, 2.75) is 6.92 Å². The van der Waals surface area contributed by atoms with Gasteiger partial charge < -0.3 is 4.74 Å². The lowest BCUT2D eigenvalue weighted by Crippen LogP contribution is -2.44. The highest BCUT2D eigenvalue weighted by Crippen LogP contribution is 2.17. The summed E-state index contributed by atoms with van der Waals surface area (Å²) in [5.74, 6) is -0.825. The summed E-state index contributed by atoms with van der Waals surface area (Å²) in [6.45, 7) is 1.53. The van der Waals surface area contributed by atoms with Gasteiger partial charge in [0.2, 0.25) is 0 Å². The first kappa shape index (κ1) is 16.9. The lowest BCUT2D eigenvalue weighted by Gasteiger charge is -2.10. The number of para-hydroxylation sites is 2. The Balaban J connectivity index is 1.89. The number of nitro benzene ring substituents is 1. The van der Waals surface area contributed by atoms with Crippen molar-refractivity contribution >= 4 is 17.5 Å². The third-order valence-corrected chi connectivity index (χ3v) is 3.11. The molecule has 0 atom stereocenters. The van der Waals surface area contributed by atoms with E-state index in [-0.39, 0.29) is 17.9 Å². The van der Waals surface area contributed by atoms with Crippen molar-refractivity contribution in [3.05, 3.63) is 69.8 Å². The fourth-order valence-corrected chi connectivity index (χ4v) is 1.92. The highest BCUT2D eigenvalue weighted by atomic mass is 16.6. The highest BCUT2D eigenvalue weighted by Gasteiger charge is 2.19. The molecule has 0 fully saturated rings. The van der Waals surface area contributed by atoms with Crippen LogP contribution in [0.5, 0.6) is 5.75 Å². The molecule has 0 spiro atoms. The topological polar surface area (TPSA) is 111 Å². The van der Waals surface area contributed by atoms with Crippen LogP contribution in [-0.4, -0.2) is 23.3 Å². The molecule has 2 N–H and O–H groups in total. The van der Waals surface area contributed by atoms with Crippen molar-refractivity contribution in [2.75, 3.05) is 6.61 Å². The number of hydrogen-bond acceptors (Lipinski definition) is 5. The largest absolute Gasteiger partial charge is 0.483 e. The molecule has 0 saturated heterocycles. The number of hydrogen-bond donors (Lipinski definition) is 2. The van der Waals surface area contributed by atoms with Crippen LogP contribution in [0.2, 0.25) is 0 Å². The smallest absolute Gasteiger partial charge is 0.282 e. The van der Waals surface area contributed by atoms with Crippen molar-refractivity contribution in [1.29, 1.82) is 0 Å². The minimum absolute atomic E-state index is 0.150. The summed E-state index contributed by atoms with van der Waals surface area (Å²) in [5.41, 5.74) is 4.65. The van der Waals surface area contributed by atoms with Crippen LogP contribution in [0.15, 0.2) is 48.5 Å². The molecule has 2 rings (SSSR count). The quantitative estimate of drug-likeness (QED) is 0.641. The normalized spacial score (nSPS) is 9.88. The van der Waals surface area contributed by atoms with Crippen LogP contribution in [-0.2, 0) is 4.79 Å². The summed E-state index contributed by atoms with van der Waals surface area (Å²) in [5, 5.41) is 10.9. The fraction of sp³-hybridized carbons (Fsp3) is 0.125. The number of carbonyl (C=O) groups is 2. The number of hydrazine groups is 1. The molecule has 2 aromatic carbocycles. The zero-order chi connectivity index (χ0) is 17.5. The molecule has 2 amide bonds. The van der Waals surface area contributed by atoms with E-state index in [1.54, 1.807) is 12.1 Å². The minimum atomic E-state index is -0.786. The van der Waals surface area contributed by atoms with Crippen LogP contribution in [0.1, 0.15) is 15.9 Å². The molecule has 0 heterocycles. The molecule has 0 aromatic heterocycles. The van der Waals surface area contributed by atoms with Crippen molar-refractivity contribution in [2.24, 2.45) is 0 Å². The van der Waals surface area contributed by atoms with Gasteiger partial charge in [0.05, 0.1) is 4.92 Å². The van der Waals surface area contributed by atoms with E-state index in [9.17, 15) is 19.7 Å². The first-order chi connectivity index (χ1) is 11.5. The van der Waals surface area contributed by atoms with Gasteiger partial charge in [-0.25, -0.2) is 0 Å². The first-order valence-corrected chi connectivity index (χ1v) is 7.00.